The van der Waals surface area contributed by atoms with E-state index in [1.807, 2.05) is 0 Å². The summed E-state index contributed by atoms with van der Waals surface area (Å²) in [7, 11) is 4.30. The molecule has 0 saturated carbocycles. The molecule has 1 saturated heterocycles. The molecule has 0 bridgehead atoms. The lowest BCUT2D eigenvalue weighted by atomic mass is 9.85. The normalized spacial score (nSPS) is 19.9. The molecule has 1 aliphatic rings. The third-order valence-electron chi connectivity index (χ3n) is 4.88. The van der Waals surface area contributed by atoms with Gasteiger partial charge in [0.15, 0.2) is 0 Å². The Morgan fingerprint density at radius 1 is 1.14 bits per heavy atom. The first-order valence-corrected chi connectivity index (χ1v) is 8.75. The van der Waals surface area contributed by atoms with Crippen molar-refractivity contribution in [1.29, 1.82) is 0 Å². The van der Waals surface area contributed by atoms with Crippen molar-refractivity contribution in [2.75, 3.05) is 59.9 Å². The number of nitrogens with zero attached hydrogens (tertiary/aromatic N) is 3. The molecule has 0 aliphatic carbocycles. The molecule has 0 radical (unpaired) electrons. The highest BCUT2D eigenvalue weighted by atomic mass is 15.2. The van der Waals surface area contributed by atoms with E-state index < -0.39 is 0 Å². The van der Waals surface area contributed by atoms with Gasteiger partial charge in [-0.2, -0.15) is 0 Å². The highest BCUT2D eigenvalue weighted by molar-refractivity contribution is 4.96. The molecule has 1 heterocycles. The fraction of sp³-hybridized carbons (Fsp3) is 1.00. The van der Waals surface area contributed by atoms with Crippen molar-refractivity contribution < 1.29 is 0 Å². The van der Waals surface area contributed by atoms with E-state index in [0.29, 0.717) is 0 Å². The summed E-state index contributed by atoms with van der Waals surface area (Å²) < 4.78 is 0. The topological polar surface area (TPSA) is 35.7 Å². The maximum atomic E-state index is 6.22. The van der Waals surface area contributed by atoms with Crippen LogP contribution in [-0.2, 0) is 0 Å². The van der Waals surface area contributed by atoms with Gasteiger partial charge < -0.3 is 15.5 Å². The molecular weight excluding hydrogens is 260 g/mol. The van der Waals surface area contributed by atoms with E-state index in [4.69, 9.17) is 5.73 Å². The molecule has 0 aromatic heterocycles. The van der Waals surface area contributed by atoms with Crippen LogP contribution in [0.2, 0.25) is 0 Å². The lowest BCUT2D eigenvalue weighted by Gasteiger charge is -2.48. The highest BCUT2D eigenvalue weighted by Crippen LogP contribution is 2.28. The molecule has 126 valence electrons. The Morgan fingerprint density at radius 2 is 1.76 bits per heavy atom. The van der Waals surface area contributed by atoms with Crippen LogP contribution in [0.25, 0.3) is 0 Å². The minimum atomic E-state index is 0.245. The van der Waals surface area contributed by atoms with Crippen LogP contribution in [0.5, 0.6) is 0 Å². The zero-order valence-electron chi connectivity index (χ0n) is 15.1. The van der Waals surface area contributed by atoms with Gasteiger partial charge in [0.1, 0.15) is 0 Å². The third kappa shape index (κ3) is 5.85. The first-order valence-electron chi connectivity index (χ1n) is 8.75. The second-order valence-corrected chi connectivity index (χ2v) is 7.36. The van der Waals surface area contributed by atoms with E-state index in [0.717, 1.165) is 25.6 Å². The van der Waals surface area contributed by atoms with E-state index in [-0.39, 0.29) is 5.54 Å². The smallest absolute Gasteiger partial charge is 0.0355 e. The molecular formula is C17H38N4. The van der Waals surface area contributed by atoms with Crippen LogP contribution >= 0.6 is 0 Å². The first kappa shape index (κ1) is 18.9. The van der Waals surface area contributed by atoms with Crippen LogP contribution in [0.3, 0.4) is 0 Å². The number of likely N-dealkylation sites (tertiary alicyclic amines) is 1. The van der Waals surface area contributed by atoms with Crippen molar-refractivity contribution in [2.45, 2.75) is 45.6 Å². The zero-order valence-corrected chi connectivity index (χ0v) is 15.1. The number of piperidine rings is 1. The van der Waals surface area contributed by atoms with Crippen LogP contribution in [-0.4, -0.2) is 80.1 Å². The lowest BCUT2D eigenvalue weighted by molar-refractivity contribution is 0.0251. The Bertz CT molecular complexity index is 270. The summed E-state index contributed by atoms with van der Waals surface area (Å²) >= 11 is 0. The molecule has 0 spiro atoms. The minimum Gasteiger partial charge on any atom is -0.329 e. The number of hydrogen-bond donors (Lipinski definition) is 1. The van der Waals surface area contributed by atoms with Gasteiger partial charge in [-0.1, -0.05) is 20.8 Å². The van der Waals surface area contributed by atoms with E-state index in [9.17, 15) is 0 Å². The number of hydrogen-bond acceptors (Lipinski definition) is 4. The summed E-state index contributed by atoms with van der Waals surface area (Å²) in [6.45, 7) is 14.8. The van der Waals surface area contributed by atoms with Gasteiger partial charge in [0.25, 0.3) is 0 Å². The molecule has 1 rings (SSSR count). The van der Waals surface area contributed by atoms with Gasteiger partial charge in [-0.15, -0.1) is 0 Å². The number of nitrogens with two attached hydrogens (primary N) is 1. The van der Waals surface area contributed by atoms with Crippen molar-refractivity contribution >= 4 is 0 Å². The summed E-state index contributed by atoms with van der Waals surface area (Å²) in [6.07, 6.45) is 3.69. The molecule has 2 N–H and O–H groups in total. The van der Waals surface area contributed by atoms with Crippen LogP contribution in [0, 0.1) is 5.92 Å². The third-order valence-corrected chi connectivity index (χ3v) is 4.88. The molecule has 0 atom stereocenters. The predicted molar refractivity (Wildman–Crippen MR) is 92.7 cm³/mol. The van der Waals surface area contributed by atoms with E-state index in [1.165, 1.54) is 45.4 Å². The number of likely N-dealkylation sites (N-methyl/N-ethyl adjacent to an activating group) is 1. The maximum Gasteiger partial charge on any atom is 0.0355 e. The van der Waals surface area contributed by atoms with Crippen LogP contribution < -0.4 is 5.73 Å². The quantitative estimate of drug-likeness (QED) is 0.703. The molecule has 0 aromatic carbocycles. The summed E-state index contributed by atoms with van der Waals surface area (Å²) in [6, 6.07) is 0. The average Bonchev–Trinajstić information content (AvgIpc) is 2.44. The van der Waals surface area contributed by atoms with E-state index in [2.05, 4.69) is 49.6 Å². The van der Waals surface area contributed by atoms with Gasteiger partial charge in [0.2, 0.25) is 0 Å². The van der Waals surface area contributed by atoms with Crippen molar-refractivity contribution in [3.63, 3.8) is 0 Å². The second kappa shape index (κ2) is 9.09. The minimum absolute atomic E-state index is 0.245. The summed E-state index contributed by atoms with van der Waals surface area (Å²) in [5.41, 5.74) is 6.47. The predicted octanol–water partition coefficient (Wildman–Crippen LogP) is 1.71. The van der Waals surface area contributed by atoms with Gasteiger partial charge in [-0.3, -0.25) is 4.90 Å². The molecule has 1 aliphatic heterocycles. The second-order valence-electron chi connectivity index (χ2n) is 7.36. The Morgan fingerprint density at radius 3 is 2.19 bits per heavy atom. The summed E-state index contributed by atoms with van der Waals surface area (Å²) in [4.78, 5) is 7.55. The monoisotopic (exact) mass is 298 g/mol. The van der Waals surface area contributed by atoms with Crippen LogP contribution in [0.1, 0.15) is 40.0 Å². The van der Waals surface area contributed by atoms with Crippen molar-refractivity contribution in [3.8, 4) is 0 Å². The van der Waals surface area contributed by atoms with Gasteiger partial charge in [0.05, 0.1) is 0 Å². The van der Waals surface area contributed by atoms with Gasteiger partial charge in [-0.25, -0.2) is 0 Å². The van der Waals surface area contributed by atoms with Crippen molar-refractivity contribution in [2.24, 2.45) is 11.7 Å². The van der Waals surface area contributed by atoms with Crippen molar-refractivity contribution in [1.82, 2.24) is 14.7 Å². The average molecular weight is 299 g/mol. The van der Waals surface area contributed by atoms with E-state index in [1.54, 1.807) is 0 Å². The fourth-order valence-corrected chi connectivity index (χ4v) is 3.63. The molecule has 1 fully saturated rings. The molecule has 0 aromatic rings. The first-order chi connectivity index (χ1) is 9.93. The van der Waals surface area contributed by atoms with E-state index >= 15 is 0 Å². The fourth-order valence-electron chi connectivity index (χ4n) is 3.63. The zero-order chi connectivity index (χ0) is 15.9. The van der Waals surface area contributed by atoms with Crippen LogP contribution in [0.15, 0.2) is 0 Å². The van der Waals surface area contributed by atoms with Gasteiger partial charge >= 0.3 is 0 Å². The molecule has 0 amide bonds. The Hall–Kier alpha value is -0.160. The SMILES string of the molecule is CCN(CCCN(C)C)C1(CN)CCN(CC(C)C)CC1. The van der Waals surface area contributed by atoms with Gasteiger partial charge in [0, 0.05) is 18.6 Å². The Labute approximate surface area is 132 Å². The largest absolute Gasteiger partial charge is 0.329 e. The lowest BCUT2D eigenvalue weighted by Crippen LogP contribution is -2.60. The molecule has 21 heavy (non-hydrogen) atoms. The highest BCUT2D eigenvalue weighted by Gasteiger charge is 2.37. The Balaban J connectivity index is 2.54. The molecule has 0 unspecified atom stereocenters. The maximum absolute atomic E-state index is 6.22. The summed E-state index contributed by atoms with van der Waals surface area (Å²) in [5.74, 6) is 0.762. The number of rotatable bonds is 9. The standard InChI is InChI=1S/C17H38N4/c1-6-21(11-7-10-19(4)5)17(15-18)8-12-20(13-9-17)14-16(2)3/h16H,6-15,18H2,1-5H3. The van der Waals surface area contributed by atoms with Crippen LogP contribution in [0.4, 0.5) is 0 Å². The molecule has 4 nitrogen and oxygen atoms in total. The Kier molecular flexibility index (Phi) is 8.17. The van der Waals surface area contributed by atoms with Gasteiger partial charge in [-0.05, 0) is 72.0 Å². The van der Waals surface area contributed by atoms with Crippen molar-refractivity contribution in [3.05, 3.63) is 0 Å². The molecule has 4 heteroatoms. The summed E-state index contributed by atoms with van der Waals surface area (Å²) in [5, 5.41) is 0.